The van der Waals surface area contributed by atoms with Gasteiger partial charge in [-0.05, 0) is 29.0 Å². The van der Waals surface area contributed by atoms with Crippen LogP contribution in [0.1, 0.15) is 41.3 Å². The highest BCUT2D eigenvalue weighted by Crippen LogP contribution is 2.31. The molecule has 0 aliphatic carbocycles. The largest absolute Gasteiger partial charge is 0.380 e. The quantitative estimate of drug-likeness (QED) is 0.704. The van der Waals surface area contributed by atoms with Crippen molar-refractivity contribution >= 4 is 15.9 Å². The van der Waals surface area contributed by atoms with Crippen LogP contribution in [0.3, 0.4) is 0 Å². The van der Waals surface area contributed by atoms with E-state index in [0.717, 1.165) is 19.6 Å². The van der Waals surface area contributed by atoms with Crippen LogP contribution in [-0.2, 0) is 11.2 Å². The van der Waals surface area contributed by atoms with Gasteiger partial charge in [0, 0.05) is 0 Å². The molecule has 0 radical (unpaired) electrons. The Hall–Kier alpha value is -0.340. The molecule has 0 N–H and O–H groups in total. The Kier molecular flexibility index (Phi) is 3.47. The van der Waals surface area contributed by atoms with Crippen molar-refractivity contribution in [3.63, 3.8) is 0 Å². The number of alkyl halides is 1. The molecule has 1 aliphatic rings. The first kappa shape index (κ1) is 11.2. The van der Waals surface area contributed by atoms with Crippen LogP contribution >= 0.6 is 15.9 Å². The Morgan fingerprint density at radius 2 is 2.20 bits per heavy atom. The van der Waals surface area contributed by atoms with E-state index in [1.165, 1.54) is 16.7 Å². The fourth-order valence-corrected chi connectivity index (χ4v) is 2.56. The summed E-state index contributed by atoms with van der Waals surface area (Å²) < 4.78 is 5.54. The van der Waals surface area contributed by atoms with Crippen LogP contribution in [0.5, 0.6) is 0 Å². The molecule has 0 bridgehead atoms. The number of fused-ring (bicyclic) bond motifs is 1. The molecule has 1 heterocycles. The third-order valence-electron chi connectivity index (χ3n) is 2.95. The number of halogens is 1. The predicted molar refractivity (Wildman–Crippen MR) is 66.7 cm³/mol. The SMILES string of the molecule is CC(C)c1ccc2c(c1)C(Br)COCC2. The number of hydrogen-bond donors (Lipinski definition) is 0. The summed E-state index contributed by atoms with van der Waals surface area (Å²) in [5.41, 5.74) is 4.26. The van der Waals surface area contributed by atoms with E-state index in [-0.39, 0.29) is 0 Å². The van der Waals surface area contributed by atoms with E-state index in [1.54, 1.807) is 0 Å². The van der Waals surface area contributed by atoms with E-state index in [9.17, 15) is 0 Å². The van der Waals surface area contributed by atoms with Crippen LogP contribution in [0, 0.1) is 0 Å². The van der Waals surface area contributed by atoms with Gasteiger partial charge in [0.2, 0.25) is 0 Å². The fraction of sp³-hybridized carbons (Fsp3) is 0.538. The Bertz CT molecular complexity index is 346. The van der Waals surface area contributed by atoms with Gasteiger partial charge in [-0.1, -0.05) is 48.0 Å². The van der Waals surface area contributed by atoms with Crippen molar-refractivity contribution in [2.24, 2.45) is 0 Å². The highest BCUT2D eigenvalue weighted by atomic mass is 79.9. The van der Waals surface area contributed by atoms with Gasteiger partial charge < -0.3 is 4.74 Å². The summed E-state index contributed by atoms with van der Waals surface area (Å²) in [5, 5.41) is 0. The Morgan fingerprint density at radius 3 is 2.93 bits per heavy atom. The van der Waals surface area contributed by atoms with Gasteiger partial charge in [0.1, 0.15) is 0 Å². The first-order valence-electron chi connectivity index (χ1n) is 5.53. The lowest BCUT2D eigenvalue weighted by molar-refractivity contribution is 0.146. The van der Waals surface area contributed by atoms with Crippen LogP contribution in [0.4, 0.5) is 0 Å². The second-order valence-corrected chi connectivity index (χ2v) is 5.51. The van der Waals surface area contributed by atoms with Gasteiger partial charge in [0.05, 0.1) is 18.0 Å². The molecule has 1 unspecified atom stereocenters. The van der Waals surface area contributed by atoms with Crippen molar-refractivity contribution in [3.8, 4) is 0 Å². The molecule has 2 heteroatoms. The van der Waals surface area contributed by atoms with Gasteiger partial charge in [-0.2, -0.15) is 0 Å². The van der Waals surface area contributed by atoms with Crippen LogP contribution in [0.15, 0.2) is 18.2 Å². The standard InChI is InChI=1S/C13H17BrO/c1-9(2)11-4-3-10-5-6-15-8-13(14)12(10)7-11/h3-4,7,9,13H,5-6,8H2,1-2H3. The molecule has 1 aromatic carbocycles. The molecule has 1 nitrogen and oxygen atoms in total. The zero-order valence-corrected chi connectivity index (χ0v) is 10.9. The summed E-state index contributed by atoms with van der Waals surface area (Å²) in [7, 11) is 0. The van der Waals surface area contributed by atoms with E-state index in [2.05, 4.69) is 48.0 Å². The van der Waals surface area contributed by atoms with Gasteiger partial charge in [-0.3, -0.25) is 0 Å². The van der Waals surface area contributed by atoms with Crippen molar-refractivity contribution in [2.75, 3.05) is 13.2 Å². The van der Waals surface area contributed by atoms with Crippen LogP contribution < -0.4 is 0 Å². The molecule has 0 amide bonds. The summed E-state index contributed by atoms with van der Waals surface area (Å²) in [4.78, 5) is 0.355. The minimum absolute atomic E-state index is 0.355. The first-order valence-corrected chi connectivity index (χ1v) is 6.44. The van der Waals surface area contributed by atoms with Crippen molar-refractivity contribution < 1.29 is 4.74 Å². The minimum Gasteiger partial charge on any atom is -0.380 e. The Balaban J connectivity index is 2.39. The third-order valence-corrected chi connectivity index (χ3v) is 3.71. The summed E-state index contributed by atoms with van der Waals surface area (Å²) in [6, 6.07) is 6.83. The Morgan fingerprint density at radius 1 is 1.40 bits per heavy atom. The van der Waals surface area contributed by atoms with E-state index >= 15 is 0 Å². The third kappa shape index (κ3) is 2.43. The molecule has 0 fully saturated rings. The molecule has 82 valence electrons. The van der Waals surface area contributed by atoms with Crippen molar-refractivity contribution in [1.82, 2.24) is 0 Å². The van der Waals surface area contributed by atoms with Gasteiger partial charge in [0.15, 0.2) is 0 Å². The maximum atomic E-state index is 5.54. The maximum absolute atomic E-state index is 5.54. The monoisotopic (exact) mass is 268 g/mol. The summed E-state index contributed by atoms with van der Waals surface area (Å²) in [6.07, 6.45) is 1.04. The number of ether oxygens (including phenoxy) is 1. The lowest BCUT2D eigenvalue weighted by Crippen LogP contribution is -2.00. The number of benzene rings is 1. The van der Waals surface area contributed by atoms with Gasteiger partial charge in [0.25, 0.3) is 0 Å². The van der Waals surface area contributed by atoms with E-state index in [0.29, 0.717) is 10.7 Å². The van der Waals surface area contributed by atoms with E-state index < -0.39 is 0 Å². The molecular formula is C13H17BrO. The summed E-state index contributed by atoms with van der Waals surface area (Å²) in [5.74, 6) is 0.596. The van der Waals surface area contributed by atoms with Crippen molar-refractivity contribution in [3.05, 3.63) is 34.9 Å². The predicted octanol–water partition coefficient (Wildman–Crippen LogP) is 3.82. The summed E-state index contributed by atoms with van der Waals surface area (Å²) in [6.45, 7) is 6.10. The van der Waals surface area contributed by atoms with Crippen molar-refractivity contribution in [2.45, 2.75) is 31.0 Å². The molecule has 1 aliphatic heterocycles. The molecule has 0 spiro atoms. The lowest BCUT2D eigenvalue weighted by atomic mass is 9.95. The first-order chi connectivity index (χ1) is 7.18. The normalized spacial score (nSPS) is 21.2. The lowest BCUT2D eigenvalue weighted by Gasteiger charge is -2.14. The summed E-state index contributed by atoms with van der Waals surface area (Å²) >= 11 is 3.70. The van der Waals surface area contributed by atoms with Gasteiger partial charge in [-0.15, -0.1) is 0 Å². The van der Waals surface area contributed by atoms with Crippen LogP contribution in [0.25, 0.3) is 0 Å². The van der Waals surface area contributed by atoms with E-state index in [1.807, 2.05) is 0 Å². The topological polar surface area (TPSA) is 9.23 Å². The molecule has 0 saturated heterocycles. The maximum Gasteiger partial charge on any atom is 0.0632 e. The number of hydrogen-bond acceptors (Lipinski definition) is 1. The number of rotatable bonds is 1. The molecule has 0 saturated carbocycles. The smallest absolute Gasteiger partial charge is 0.0632 e. The van der Waals surface area contributed by atoms with Crippen LogP contribution in [-0.4, -0.2) is 13.2 Å². The highest BCUT2D eigenvalue weighted by molar-refractivity contribution is 9.09. The van der Waals surface area contributed by atoms with E-state index in [4.69, 9.17) is 4.74 Å². The average Bonchev–Trinajstić information content (AvgIpc) is 2.40. The zero-order valence-electron chi connectivity index (χ0n) is 9.29. The molecule has 0 aromatic heterocycles. The van der Waals surface area contributed by atoms with Gasteiger partial charge in [-0.25, -0.2) is 0 Å². The fourth-order valence-electron chi connectivity index (χ4n) is 1.95. The minimum atomic E-state index is 0.355. The average molecular weight is 269 g/mol. The van der Waals surface area contributed by atoms with Crippen LogP contribution in [0.2, 0.25) is 0 Å². The molecule has 1 atom stereocenters. The molecule has 2 rings (SSSR count). The second kappa shape index (κ2) is 4.67. The molecule has 1 aromatic rings. The highest BCUT2D eigenvalue weighted by Gasteiger charge is 2.17. The second-order valence-electron chi connectivity index (χ2n) is 4.41. The molecular weight excluding hydrogens is 252 g/mol. The van der Waals surface area contributed by atoms with Gasteiger partial charge >= 0.3 is 0 Å². The Labute approximate surface area is 100.0 Å². The van der Waals surface area contributed by atoms with Crippen molar-refractivity contribution in [1.29, 1.82) is 0 Å². The zero-order chi connectivity index (χ0) is 10.8. The molecule has 15 heavy (non-hydrogen) atoms.